The van der Waals surface area contributed by atoms with Gasteiger partial charge in [-0.1, -0.05) is 20.8 Å². The maximum Gasteiger partial charge on any atom is 0.312 e. The summed E-state index contributed by atoms with van der Waals surface area (Å²) in [6, 6.07) is 0. The van der Waals surface area contributed by atoms with Gasteiger partial charge < -0.3 is 15.3 Å². The number of carbonyl (C=O) groups is 1. The van der Waals surface area contributed by atoms with Crippen LogP contribution in [0.4, 0.5) is 0 Å². The third kappa shape index (κ3) is 0.807. The molecular formula is C11H18O4. The second kappa shape index (κ2) is 2.55. The number of rotatable bonds is 1. The lowest BCUT2D eigenvalue weighted by Gasteiger charge is -2.38. The van der Waals surface area contributed by atoms with Crippen LogP contribution < -0.4 is 0 Å². The van der Waals surface area contributed by atoms with Gasteiger partial charge in [-0.2, -0.15) is 0 Å². The smallest absolute Gasteiger partial charge is 0.312 e. The van der Waals surface area contributed by atoms with E-state index < -0.39 is 34.4 Å². The van der Waals surface area contributed by atoms with Gasteiger partial charge in [0.05, 0.1) is 12.2 Å². The SMILES string of the molecule is CC12CCC(C(=O)O)(C(O)C1O)C2(C)C. The van der Waals surface area contributed by atoms with Gasteiger partial charge in [0, 0.05) is 5.41 Å². The van der Waals surface area contributed by atoms with Crippen LogP contribution in [0.1, 0.15) is 33.6 Å². The zero-order valence-electron chi connectivity index (χ0n) is 9.32. The molecule has 2 saturated carbocycles. The Bertz CT molecular complexity index is 325. The van der Waals surface area contributed by atoms with Crippen LogP contribution in [0, 0.1) is 16.2 Å². The van der Waals surface area contributed by atoms with Crippen molar-refractivity contribution in [2.45, 2.75) is 45.8 Å². The molecule has 0 radical (unpaired) electrons. The Labute approximate surface area is 88.9 Å². The maximum absolute atomic E-state index is 11.4. The second-order valence-electron chi connectivity index (χ2n) is 5.71. The molecule has 2 aliphatic carbocycles. The van der Waals surface area contributed by atoms with Crippen molar-refractivity contribution in [2.24, 2.45) is 16.2 Å². The van der Waals surface area contributed by atoms with Crippen LogP contribution in [0.25, 0.3) is 0 Å². The van der Waals surface area contributed by atoms with Gasteiger partial charge in [0.25, 0.3) is 0 Å². The molecule has 15 heavy (non-hydrogen) atoms. The molecule has 4 atom stereocenters. The summed E-state index contributed by atoms with van der Waals surface area (Å²) in [6.45, 7) is 5.56. The molecule has 2 aliphatic rings. The number of aliphatic hydroxyl groups excluding tert-OH is 2. The lowest BCUT2D eigenvalue weighted by atomic mass is 9.64. The molecular weight excluding hydrogens is 196 g/mol. The predicted octanol–water partition coefficient (Wildman–Crippen LogP) is 0.619. The van der Waals surface area contributed by atoms with E-state index in [-0.39, 0.29) is 0 Å². The van der Waals surface area contributed by atoms with Crippen LogP contribution >= 0.6 is 0 Å². The second-order valence-corrected chi connectivity index (χ2v) is 5.71. The molecule has 4 heteroatoms. The molecule has 2 fully saturated rings. The lowest BCUT2D eigenvalue weighted by molar-refractivity contribution is -0.164. The van der Waals surface area contributed by atoms with E-state index in [0.717, 1.165) is 0 Å². The van der Waals surface area contributed by atoms with E-state index in [1.165, 1.54) is 0 Å². The van der Waals surface area contributed by atoms with Crippen molar-refractivity contribution in [3.63, 3.8) is 0 Å². The summed E-state index contributed by atoms with van der Waals surface area (Å²) in [5.41, 5.74) is -2.25. The molecule has 0 saturated heterocycles. The van der Waals surface area contributed by atoms with Crippen LogP contribution in [0.3, 0.4) is 0 Å². The van der Waals surface area contributed by atoms with E-state index in [4.69, 9.17) is 0 Å². The highest BCUT2D eigenvalue weighted by Gasteiger charge is 2.77. The van der Waals surface area contributed by atoms with Crippen molar-refractivity contribution in [3.8, 4) is 0 Å². The predicted molar refractivity (Wildman–Crippen MR) is 53.2 cm³/mol. The van der Waals surface area contributed by atoms with Gasteiger partial charge >= 0.3 is 5.97 Å². The Hall–Kier alpha value is -0.610. The molecule has 2 rings (SSSR count). The molecule has 4 unspecified atom stereocenters. The minimum atomic E-state index is -1.18. The van der Waals surface area contributed by atoms with Crippen molar-refractivity contribution in [2.75, 3.05) is 0 Å². The van der Waals surface area contributed by atoms with Crippen molar-refractivity contribution in [3.05, 3.63) is 0 Å². The van der Waals surface area contributed by atoms with Crippen molar-refractivity contribution < 1.29 is 20.1 Å². The topological polar surface area (TPSA) is 77.8 Å². The monoisotopic (exact) mass is 214 g/mol. The normalized spacial score (nSPS) is 52.1. The zero-order chi connectivity index (χ0) is 11.6. The Morgan fingerprint density at radius 3 is 1.93 bits per heavy atom. The fourth-order valence-electron chi connectivity index (χ4n) is 3.75. The molecule has 0 spiro atoms. The van der Waals surface area contributed by atoms with Gasteiger partial charge in [-0.05, 0) is 18.3 Å². The van der Waals surface area contributed by atoms with Crippen molar-refractivity contribution >= 4 is 5.97 Å². The minimum absolute atomic E-state index is 0.448. The van der Waals surface area contributed by atoms with Crippen molar-refractivity contribution in [1.29, 1.82) is 0 Å². The summed E-state index contributed by atoms with van der Waals surface area (Å²) in [7, 11) is 0. The summed E-state index contributed by atoms with van der Waals surface area (Å²) in [5.74, 6) is -0.986. The standard InChI is InChI=1S/C11H18O4/c1-9(2)10(3)4-5-11(9,8(14)15)7(13)6(10)12/h6-7,12-13H,4-5H2,1-3H3,(H,14,15). The van der Waals surface area contributed by atoms with Crippen LogP contribution in [0.2, 0.25) is 0 Å². The number of aliphatic carboxylic acids is 1. The number of hydrogen-bond donors (Lipinski definition) is 3. The van der Waals surface area contributed by atoms with E-state index >= 15 is 0 Å². The van der Waals surface area contributed by atoms with Gasteiger partial charge in [-0.15, -0.1) is 0 Å². The minimum Gasteiger partial charge on any atom is -0.481 e. The van der Waals surface area contributed by atoms with Crippen molar-refractivity contribution in [1.82, 2.24) is 0 Å². The summed E-state index contributed by atoms with van der Waals surface area (Å²) < 4.78 is 0. The molecule has 0 amide bonds. The molecule has 0 aliphatic heterocycles. The fourth-order valence-corrected chi connectivity index (χ4v) is 3.75. The number of fused-ring (bicyclic) bond motifs is 2. The molecule has 0 heterocycles. The molecule has 2 bridgehead atoms. The summed E-state index contributed by atoms with van der Waals surface area (Å²) >= 11 is 0. The Morgan fingerprint density at radius 1 is 1.13 bits per heavy atom. The molecule has 3 N–H and O–H groups in total. The van der Waals surface area contributed by atoms with E-state index in [2.05, 4.69) is 0 Å². The Balaban J connectivity index is 2.62. The molecule has 0 aromatic heterocycles. The van der Waals surface area contributed by atoms with Crippen LogP contribution in [0.15, 0.2) is 0 Å². The Morgan fingerprint density at radius 2 is 1.67 bits per heavy atom. The summed E-state index contributed by atoms with van der Waals surface area (Å²) in [6.07, 6.45) is -0.977. The quantitative estimate of drug-likeness (QED) is 0.598. The number of carboxylic acids is 1. The van der Waals surface area contributed by atoms with E-state index in [9.17, 15) is 20.1 Å². The highest BCUT2D eigenvalue weighted by Crippen LogP contribution is 2.72. The van der Waals surface area contributed by atoms with Crippen LogP contribution in [-0.2, 0) is 4.79 Å². The van der Waals surface area contributed by atoms with Crippen LogP contribution in [-0.4, -0.2) is 33.5 Å². The van der Waals surface area contributed by atoms with E-state index in [0.29, 0.717) is 12.8 Å². The number of hydrogen-bond acceptors (Lipinski definition) is 3. The van der Waals surface area contributed by atoms with Gasteiger partial charge in [0.15, 0.2) is 0 Å². The largest absolute Gasteiger partial charge is 0.481 e. The first-order valence-corrected chi connectivity index (χ1v) is 5.31. The third-order valence-electron chi connectivity index (χ3n) is 5.42. The van der Waals surface area contributed by atoms with Gasteiger partial charge in [0.1, 0.15) is 5.41 Å². The van der Waals surface area contributed by atoms with Gasteiger partial charge in [-0.25, -0.2) is 0 Å². The maximum atomic E-state index is 11.4. The number of aliphatic hydroxyl groups is 2. The fraction of sp³-hybridized carbons (Fsp3) is 0.909. The van der Waals surface area contributed by atoms with Gasteiger partial charge in [-0.3, -0.25) is 4.79 Å². The first kappa shape index (κ1) is 10.9. The summed E-state index contributed by atoms with van der Waals surface area (Å²) in [5, 5.41) is 29.3. The van der Waals surface area contributed by atoms with E-state index in [1.807, 2.05) is 20.8 Å². The first-order chi connectivity index (χ1) is 6.72. The number of carboxylic acid groups (broad SMARTS) is 1. The summed E-state index contributed by atoms with van der Waals surface area (Å²) in [4.78, 5) is 11.4. The molecule has 86 valence electrons. The molecule has 0 aromatic rings. The molecule has 0 aromatic carbocycles. The average molecular weight is 214 g/mol. The lowest BCUT2D eigenvalue weighted by Crippen LogP contribution is -2.48. The zero-order valence-corrected chi connectivity index (χ0v) is 9.32. The third-order valence-corrected chi connectivity index (χ3v) is 5.42. The highest BCUT2D eigenvalue weighted by molar-refractivity contribution is 5.79. The molecule has 4 nitrogen and oxygen atoms in total. The average Bonchev–Trinajstić information content (AvgIpc) is 2.39. The van der Waals surface area contributed by atoms with Crippen LogP contribution in [0.5, 0.6) is 0 Å². The Kier molecular flexibility index (Phi) is 1.85. The first-order valence-electron chi connectivity index (χ1n) is 5.31. The highest BCUT2D eigenvalue weighted by atomic mass is 16.4. The van der Waals surface area contributed by atoms with Gasteiger partial charge in [0.2, 0.25) is 0 Å². The van der Waals surface area contributed by atoms with E-state index in [1.54, 1.807) is 0 Å².